The number of carboxylic acid groups (broad SMARTS) is 1. The lowest BCUT2D eigenvalue weighted by Gasteiger charge is -2.25. The zero-order valence-corrected chi connectivity index (χ0v) is 25.7. The number of guanidine groups is 1. The Morgan fingerprint density at radius 1 is 0.830 bits per heavy atom. The van der Waals surface area contributed by atoms with Gasteiger partial charge >= 0.3 is 5.97 Å². The fourth-order valence-corrected chi connectivity index (χ4v) is 5.10. The normalized spacial score (nSPS) is 13.6. The van der Waals surface area contributed by atoms with Gasteiger partial charge in [-0.25, -0.2) is 9.78 Å². The van der Waals surface area contributed by atoms with E-state index in [-0.39, 0.29) is 38.2 Å². The van der Waals surface area contributed by atoms with E-state index in [1.165, 1.54) is 12.5 Å². The van der Waals surface area contributed by atoms with E-state index in [0.717, 1.165) is 22.0 Å². The highest BCUT2D eigenvalue weighted by atomic mass is 16.4. The van der Waals surface area contributed by atoms with Gasteiger partial charge in [0.05, 0.1) is 12.4 Å². The van der Waals surface area contributed by atoms with Gasteiger partial charge in [0, 0.05) is 48.4 Å². The standard InChI is InChI=1S/C32H40N10O5/c33-23(14-20-16-38-24-10-5-4-9-22(20)24)28(43)41-26(13-19-7-2-1-3-8-19)30(45)40-25(11-6-12-37-32(34)35)29(44)42-27(31(46)47)15-21-17-36-18-39-21/h1-5,7-10,16-18,23,25-27,38H,6,11-15,33H2,(H,36,39)(H,40,45)(H,41,43)(H,42,44)(H,46,47)(H4,34,35,37). The van der Waals surface area contributed by atoms with Crippen molar-refractivity contribution in [1.29, 1.82) is 0 Å². The van der Waals surface area contributed by atoms with Crippen LogP contribution in [0.4, 0.5) is 0 Å². The summed E-state index contributed by atoms with van der Waals surface area (Å²) in [5, 5.41) is 18.7. The topological polar surface area (TPSA) is 259 Å². The van der Waals surface area contributed by atoms with Crippen LogP contribution < -0.4 is 33.2 Å². The van der Waals surface area contributed by atoms with Gasteiger partial charge in [0.15, 0.2) is 5.96 Å². The molecule has 4 rings (SSSR count). The molecule has 0 saturated heterocycles. The highest BCUT2D eigenvalue weighted by Crippen LogP contribution is 2.19. The van der Waals surface area contributed by atoms with Crippen LogP contribution in [0.25, 0.3) is 10.9 Å². The molecule has 2 heterocycles. The maximum atomic E-state index is 13.8. The number of carbonyl (C=O) groups is 4. The van der Waals surface area contributed by atoms with E-state index in [9.17, 15) is 24.3 Å². The average Bonchev–Trinajstić information content (AvgIpc) is 3.72. The number of carboxylic acids is 1. The first-order chi connectivity index (χ1) is 22.6. The predicted molar refractivity (Wildman–Crippen MR) is 176 cm³/mol. The minimum Gasteiger partial charge on any atom is -0.480 e. The molecule has 2 aromatic carbocycles. The lowest BCUT2D eigenvalue weighted by molar-refractivity contribution is -0.142. The van der Waals surface area contributed by atoms with Crippen molar-refractivity contribution < 1.29 is 24.3 Å². The number of amides is 3. The summed E-state index contributed by atoms with van der Waals surface area (Å²) in [5.74, 6) is -3.32. The zero-order chi connectivity index (χ0) is 33.8. The molecule has 4 aromatic rings. The number of benzene rings is 2. The molecule has 4 unspecified atom stereocenters. The number of nitrogens with two attached hydrogens (primary N) is 3. The molecule has 0 aliphatic carbocycles. The number of H-pyrrole nitrogens is 2. The monoisotopic (exact) mass is 644 g/mol. The first-order valence-corrected chi connectivity index (χ1v) is 15.1. The zero-order valence-electron chi connectivity index (χ0n) is 25.7. The SMILES string of the molecule is NC(N)=NCCCC(NC(=O)C(Cc1ccccc1)NC(=O)C(N)Cc1c[nH]c2ccccc12)C(=O)NC(Cc1cnc[nH]1)C(=O)O. The van der Waals surface area contributed by atoms with Gasteiger partial charge in [-0.1, -0.05) is 48.5 Å². The van der Waals surface area contributed by atoms with E-state index >= 15 is 0 Å². The first-order valence-electron chi connectivity index (χ1n) is 15.1. The minimum atomic E-state index is -1.30. The third kappa shape index (κ3) is 10.2. The van der Waals surface area contributed by atoms with Crippen LogP contribution in [-0.2, 0) is 38.4 Å². The summed E-state index contributed by atoms with van der Waals surface area (Å²) in [6.07, 6.45) is 5.30. The Morgan fingerprint density at radius 2 is 1.51 bits per heavy atom. The van der Waals surface area contributed by atoms with E-state index in [1.807, 2.05) is 42.5 Å². The summed E-state index contributed by atoms with van der Waals surface area (Å²) >= 11 is 0. The Kier molecular flexibility index (Phi) is 12.0. The maximum absolute atomic E-state index is 13.8. The number of para-hydroxylation sites is 1. The summed E-state index contributed by atoms with van der Waals surface area (Å²) in [6.45, 7) is 0.172. The second-order valence-electron chi connectivity index (χ2n) is 11.1. The molecule has 0 aliphatic rings. The number of hydrogen-bond donors (Lipinski definition) is 9. The van der Waals surface area contributed by atoms with Gasteiger partial charge in [-0.15, -0.1) is 0 Å². The number of imidazole rings is 1. The van der Waals surface area contributed by atoms with Crippen LogP contribution in [0.1, 0.15) is 29.7 Å². The molecule has 0 bridgehead atoms. The van der Waals surface area contributed by atoms with Crippen molar-refractivity contribution in [2.75, 3.05) is 6.54 Å². The summed E-state index contributed by atoms with van der Waals surface area (Å²) in [5.41, 5.74) is 20.2. The number of aliphatic imine (C=N–C) groups is 1. The van der Waals surface area contributed by atoms with Crippen LogP contribution in [0.3, 0.4) is 0 Å². The molecule has 0 spiro atoms. The van der Waals surface area contributed by atoms with E-state index in [4.69, 9.17) is 17.2 Å². The summed E-state index contributed by atoms with van der Waals surface area (Å²) in [7, 11) is 0. The smallest absolute Gasteiger partial charge is 0.326 e. The van der Waals surface area contributed by atoms with E-state index in [2.05, 4.69) is 35.9 Å². The number of carbonyl (C=O) groups excluding carboxylic acids is 3. The van der Waals surface area contributed by atoms with Crippen LogP contribution in [-0.4, -0.2) is 80.4 Å². The largest absolute Gasteiger partial charge is 0.480 e. The van der Waals surface area contributed by atoms with E-state index in [1.54, 1.807) is 18.3 Å². The molecule has 4 atom stereocenters. The van der Waals surface area contributed by atoms with Gasteiger partial charge < -0.3 is 48.2 Å². The second kappa shape index (κ2) is 16.6. The number of aliphatic carboxylic acids is 1. The average molecular weight is 645 g/mol. The summed E-state index contributed by atoms with van der Waals surface area (Å²) in [6, 6.07) is 12.2. The molecule has 3 amide bonds. The molecular weight excluding hydrogens is 604 g/mol. The van der Waals surface area contributed by atoms with Gasteiger partial charge in [-0.3, -0.25) is 19.4 Å². The van der Waals surface area contributed by atoms with Crippen LogP contribution >= 0.6 is 0 Å². The Labute approximate surface area is 270 Å². The molecule has 0 radical (unpaired) electrons. The van der Waals surface area contributed by atoms with Crippen LogP contribution in [0, 0.1) is 0 Å². The van der Waals surface area contributed by atoms with Gasteiger partial charge in [0.2, 0.25) is 17.7 Å². The Morgan fingerprint density at radius 3 is 2.21 bits per heavy atom. The molecule has 2 aromatic heterocycles. The number of aromatic amines is 2. The number of rotatable bonds is 17. The summed E-state index contributed by atoms with van der Waals surface area (Å²) < 4.78 is 0. The lowest BCUT2D eigenvalue weighted by Crippen LogP contribution is -2.58. The van der Waals surface area contributed by atoms with Crippen molar-refractivity contribution in [3.05, 3.63) is 90.1 Å². The van der Waals surface area contributed by atoms with Crippen molar-refractivity contribution in [1.82, 2.24) is 30.9 Å². The highest BCUT2D eigenvalue weighted by Gasteiger charge is 2.31. The number of aromatic nitrogens is 3. The van der Waals surface area contributed by atoms with Crippen LogP contribution in [0.15, 0.2) is 78.3 Å². The molecule has 12 N–H and O–H groups in total. The molecule has 47 heavy (non-hydrogen) atoms. The van der Waals surface area contributed by atoms with Gasteiger partial charge in [0.1, 0.15) is 18.1 Å². The third-order valence-corrected chi connectivity index (χ3v) is 7.54. The van der Waals surface area contributed by atoms with Crippen molar-refractivity contribution in [3.8, 4) is 0 Å². The molecule has 0 fully saturated rings. The van der Waals surface area contributed by atoms with Crippen LogP contribution in [0.5, 0.6) is 0 Å². The lowest BCUT2D eigenvalue weighted by atomic mass is 10.0. The molecule has 15 heteroatoms. The number of fused-ring (bicyclic) bond motifs is 1. The number of nitrogens with zero attached hydrogens (tertiary/aromatic N) is 2. The van der Waals surface area contributed by atoms with Crippen molar-refractivity contribution in [2.45, 2.75) is 56.3 Å². The number of nitrogens with one attached hydrogen (secondary N) is 5. The fourth-order valence-electron chi connectivity index (χ4n) is 5.10. The Balaban J connectivity index is 1.50. The van der Waals surface area contributed by atoms with Crippen molar-refractivity contribution >= 4 is 40.6 Å². The van der Waals surface area contributed by atoms with Gasteiger partial charge in [-0.05, 0) is 36.5 Å². The molecule has 0 aliphatic heterocycles. The Hall–Kier alpha value is -5.70. The van der Waals surface area contributed by atoms with Gasteiger partial charge in [0.25, 0.3) is 0 Å². The number of hydrogen-bond acceptors (Lipinski definition) is 7. The molecule has 248 valence electrons. The third-order valence-electron chi connectivity index (χ3n) is 7.54. The first kappa shape index (κ1) is 34.2. The van der Waals surface area contributed by atoms with Crippen molar-refractivity contribution in [3.63, 3.8) is 0 Å². The van der Waals surface area contributed by atoms with E-state index < -0.39 is 47.9 Å². The summed E-state index contributed by atoms with van der Waals surface area (Å²) in [4.78, 5) is 66.3. The maximum Gasteiger partial charge on any atom is 0.326 e. The second-order valence-corrected chi connectivity index (χ2v) is 11.1. The Bertz CT molecular complexity index is 1670. The minimum absolute atomic E-state index is 0.0588. The van der Waals surface area contributed by atoms with Crippen molar-refractivity contribution in [2.24, 2.45) is 22.2 Å². The highest BCUT2D eigenvalue weighted by molar-refractivity contribution is 5.94. The fraction of sp³-hybridized carbons (Fsp3) is 0.312. The van der Waals surface area contributed by atoms with E-state index in [0.29, 0.717) is 12.1 Å². The van der Waals surface area contributed by atoms with Gasteiger partial charge in [-0.2, -0.15) is 0 Å². The molecule has 15 nitrogen and oxygen atoms in total. The quantitative estimate of drug-likeness (QED) is 0.0419. The predicted octanol–water partition coefficient (Wildman–Crippen LogP) is -0.161. The van der Waals surface area contributed by atoms with Crippen LogP contribution in [0.2, 0.25) is 0 Å². The molecular formula is C32H40N10O5. The molecule has 0 saturated carbocycles.